The van der Waals surface area contributed by atoms with Crippen LogP contribution in [0.15, 0.2) is 22.7 Å². The lowest BCUT2D eigenvalue weighted by atomic mass is 10.0. The van der Waals surface area contributed by atoms with Crippen LogP contribution in [0.5, 0.6) is 0 Å². The molecule has 0 amide bonds. The molecule has 1 fully saturated rings. The van der Waals surface area contributed by atoms with Crippen LogP contribution in [-0.4, -0.2) is 24.5 Å². The summed E-state index contributed by atoms with van der Waals surface area (Å²) in [5, 5.41) is 0.815. The summed E-state index contributed by atoms with van der Waals surface area (Å²) in [7, 11) is 2.15. The van der Waals surface area contributed by atoms with Crippen LogP contribution in [0, 0.1) is 5.92 Å². The normalized spacial score (nSPS) is 19.0. The Morgan fingerprint density at radius 1 is 1.50 bits per heavy atom. The maximum absolute atomic E-state index is 6.32. The molecule has 1 aromatic carbocycles. The predicted octanol–water partition coefficient (Wildman–Crippen LogP) is 3.83. The molecule has 100 valence electrons. The van der Waals surface area contributed by atoms with Crippen molar-refractivity contribution in [1.82, 2.24) is 4.90 Å². The molecule has 0 saturated heterocycles. The predicted molar refractivity (Wildman–Crippen MR) is 80.9 cm³/mol. The van der Waals surface area contributed by atoms with Gasteiger partial charge in [0.05, 0.1) is 0 Å². The molecule has 1 saturated carbocycles. The number of hydrogen-bond acceptors (Lipinski definition) is 2. The Morgan fingerprint density at radius 2 is 2.17 bits per heavy atom. The van der Waals surface area contributed by atoms with Gasteiger partial charge in [-0.2, -0.15) is 0 Å². The Balaban J connectivity index is 2.16. The fraction of sp³-hybridized carbons (Fsp3) is 0.571. The SMILES string of the molecule is CC(c1ccc(Br)cc1Cl)N(C)C(CN)C1CC1. The summed E-state index contributed by atoms with van der Waals surface area (Å²) in [5.41, 5.74) is 7.08. The highest BCUT2D eigenvalue weighted by molar-refractivity contribution is 9.10. The summed E-state index contributed by atoms with van der Waals surface area (Å²) < 4.78 is 1.02. The van der Waals surface area contributed by atoms with Gasteiger partial charge in [0.2, 0.25) is 0 Å². The van der Waals surface area contributed by atoms with Crippen molar-refractivity contribution < 1.29 is 0 Å². The van der Waals surface area contributed by atoms with Gasteiger partial charge in [-0.3, -0.25) is 4.90 Å². The third-order valence-corrected chi connectivity index (χ3v) is 4.77. The van der Waals surface area contributed by atoms with Gasteiger partial charge in [0.25, 0.3) is 0 Å². The molecule has 1 aliphatic rings. The molecule has 0 spiro atoms. The van der Waals surface area contributed by atoms with E-state index >= 15 is 0 Å². The van der Waals surface area contributed by atoms with Crippen LogP contribution in [0.25, 0.3) is 0 Å². The minimum Gasteiger partial charge on any atom is -0.329 e. The average Bonchev–Trinajstić information content (AvgIpc) is 3.13. The van der Waals surface area contributed by atoms with Gasteiger partial charge < -0.3 is 5.73 Å². The van der Waals surface area contributed by atoms with Gasteiger partial charge in [0.15, 0.2) is 0 Å². The van der Waals surface area contributed by atoms with Crippen molar-refractivity contribution in [2.24, 2.45) is 11.7 Å². The second-order valence-corrected chi connectivity index (χ2v) is 6.47. The largest absolute Gasteiger partial charge is 0.329 e. The smallest absolute Gasteiger partial charge is 0.0464 e. The van der Waals surface area contributed by atoms with Gasteiger partial charge in [-0.05, 0) is 50.4 Å². The lowest BCUT2D eigenvalue weighted by Crippen LogP contribution is -2.41. The van der Waals surface area contributed by atoms with Crippen LogP contribution in [0.4, 0.5) is 0 Å². The van der Waals surface area contributed by atoms with E-state index in [-0.39, 0.29) is 0 Å². The zero-order valence-corrected chi connectivity index (χ0v) is 13.2. The number of nitrogens with zero attached hydrogens (tertiary/aromatic N) is 1. The van der Waals surface area contributed by atoms with Gasteiger partial charge in [0, 0.05) is 28.1 Å². The number of rotatable bonds is 5. The molecule has 1 aromatic rings. The maximum atomic E-state index is 6.32. The van der Waals surface area contributed by atoms with E-state index < -0.39 is 0 Å². The second kappa shape index (κ2) is 5.91. The molecule has 0 radical (unpaired) electrons. The van der Waals surface area contributed by atoms with E-state index in [1.807, 2.05) is 12.1 Å². The summed E-state index contributed by atoms with van der Waals surface area (Å²) in [6.45, 7) is 2.92. The fourth-order valence-corrected chi connectivity index (χ4v) is 3.35. The zero-order chi connectivity index (χ0) is 13.3. The molecule has 0 bridgehead atoms. The first-order chi connectivity index (χ1) is 8.54. The molecule has 0 heterocycles. The number of benzene rings is 1. The highest BCUT2D eigenvalue weighted by Crippen LogP contribution is 2.38. The van der Waals surface area contributed by atoms with E-state index in [2.05, 4.69) is 40.9 Å². The van der Waals surface area contributed by atoms with Crippen LogP contribution in [-0.2, 0) is 0 Å². The molecule has 2 unspecified atom stereocenters. The van der Waals surface area contributed by atoms with E-state index in [0.717, 1.165) is 22.0 Å². The number of nitrogens with two attached hydrogens (primary N) is 1. The Bertz CT molecular complexity index is 420. The highest BCUT2D eigenvalue weighted by atomic mass is 79.9. The molecule has 2 N–H and O–H groups in total. The monoisotopic (exact) mass is 330 g/mol. The van der Waals surface area contributed by atoms with Gasteiger partial charge in [-0.1, -0.05) is 33.6 Å². The van der Waals surface area contributed by atoms with E-state index in [4.69, 9.17) is 17.3 Å². The lowest BCUT2D eigenvalue weighted by Gasteiger charge is -2.33. The Kier molecular flexibility index (Phi) is 4.70. The molecule has 4 heteroatoms. The van der Waals surface area contributed by atoms with E-state index in [1.165, 1.54) is 18.4 Å². The van der Waals surface area contributed by atoms with E-state index in [0.29, 0.717) is 12.1 Å². The molecular formula is C14H20BrClN2. The molecule has 2 rings (SSSR count). The van der Waals surface area contributed by atoms with Crippen molar-refractivity contribution in [3.63, 3.8) is 0 Å². The number of likely N-dealkylation sites (N-methyl/N-ethyl adjacent to an activating group) is 1. The summed E-state index contributed by atoms with van der Waals surface area (Å²) >= 11 is 9.76. The number of halogens is 2. The molecule has 2 nitrogen and oxygen atoms in total. The van der Waals surface area contributed by atoms with Gasteiger partial charge >= 0.3 is 0 Å². The minimum absolute atomic E-state index is 0.291. The average molecular weight is 332 g/mol. The van der Waals surface area contributed by atoms with Crippen LogP contribution in [0.1, 0.15) is 31.4 Å². The van der Waals surface area contributed by atoms with Crippen molar-refractivity contribution in [2.75, 3.05) is 13.6 Å². The quantitative estimate of drug-likeness (QED) is 0.888. The molecular weight excluding hydrogens is 312 g/mol. The zero-order valence-electron chi connectivity index (χ0n) is 10.9. The van der Waals surface area contributed by atoms with Gasteiger partial charge in [0.1, 0.15) is 0 Å². The Hall–Kier alpha value is -0.0900. The molecule has 1 aliphatic carbocycles. The molecule has 0 aliphatic heterocycles. The van der Waals surface area contributed by atoms with Gasteiger partial charge in [-0.15, -0.1) is 0 Å². The van der Waals surface area contributed by atoms with Crippen LogP contribution < -0.4 is 5.73 Å². The highest BCUT2D eigenvalue weighted by Gasteiger charge is 2.34. The molecule has 2 atom stereocenters. The van der Waals surface area contributed by atoms with E-state index in [9.17, 15) is 0 Å². The lowest BCUT2D eigenvalue weighted by molar-refractivity contribution is 0.170. The van der Waals surface area contributed by atoms with Crippen molar-refractivity contribution in [2.45, 2.75) is 31.8 Å². The maximum Gasteiger partial charge on any atom is 0.0464 e. The Morgan fingerprint density at radius 3 is 2.67 bits per heavy atom. The first-order valence-electron chi connectivity index (χ1n) is 6.41. The van der Waals surface area contributed by atoms with Crippen molar-refractivity contribution in [1.29, 1.82) is 0 Å². The third kappa shape index (κ3) is 3.08. The van der Waals surface area contributed by atoms with Crippen LogP contribution in [0.2, 0.25) is 5.02 Å². The summed E-state index contributed by atoms with van der Waals surface area (Å²) in [5.74, 6) is 0.775. The fourth-order valence-electron chi connectivity index (χ4n) is 2.52. The topological polar surface area (TPSA) is 29.3 Å². The Labute approximate surface area is 123 Å². The van der Waals surface area contributed by atoms with Crippen LogP contribution >= 0.6 is 27.5 Å². The minimum atomic E-state index is 0.291. The third-order valence-electron chi connectivity index (χ3n) is 3.95. The van der Waals surface area contributed by atoms with Crippen LogP contribution in [0.3, 0.4) is 0 Å². The van der Waals surface area contributed by atoms with Crippen molar-refractivity contribution >= 4 is 27.5 Å². The van der Waals surface area contributed by atoms with Gasteiger partial charge in [-0.25, -0.2) is 0 Å². The summed E-state index contributed by atoms with van der Waals surface area (Å²) in [4.78, 5) is 2.37. The standard InChI is InChI=1S/C14H20BrClN2/c1-9(12-6-5-11(15)7-13(12)16)18(2)14(8-17)10-3-4-10/h5-7,9-10,14H,3-4,8,17H2,1-2H3. The summed E-state index contributed by atoms with van der Waals surface area (Å²) in [6, 6.07) is 6.85. The first-order valence-corrected chi connectivity index (χ1v) is 7.58. The second-order valence-electron chi connectivity index (χ2n) is 5.15. The molecule has 0 aromatic heterocycles. The number of hydrogen-bond donors (Lipinski definition) is 1. The van der Waals surface area contributed by atoms with Crippen molar-refractivity contribution in [3.05, 3.63) is 33.3 Å². The van der Waals surface area contributed by atoms with E-state index in [1.54, 1.807) is 0 Å². The summed E-state index contributed by atoms with van der Waals surface area (Å²) in [6.07, 6.45) is 2.62. The molecule has 18 heavy (non-hydrogen) atoms. The van der Waals surface area contributed by atoms with Crippen molar-refractivity contribution in [3.8, 4) is 0 Å². The first kappa shape index (κ1) is 14.3.